The van der Waals surface area contributed by atoms with Gasteiger partial charge < -0.3 is 5.32 Å². The Kier molecular flexibility index (Phi) is 6.22. The summed E-state index contributed by atoms with van der Waals surface area (Å²) in [7, 11) is 0. The van der Waals surface area contributed by atoms with Crippen LogP contribution in [0.25, 0.3) is 0 Å². The number of aliphatic imine (C=N–C) groups is 1. The molecule has 5 heteroatoms. The first-order chi connectivity index (χ1) is 16.2. The number of carbonyl (C=O) groups is 1. The number of fused-ring (bicyclic) bond motifs is 2. The number of halogens is 1. The molecule has 0 radical (unpaired) electrons. The van der Waals surface area contributed by atoms with Crippen molar-refractivity contribution in [2.24, 2.45) is 4.99 Å². The van der Waals surface area contributed by atoms with Gasteiger partial charge >= 0.3 is 0 Å². The highest BCUT2D eigenvalue weighted by Crippen LogP contribution is 2.42. The summed E-state index contributed by atoms with van der Waals surface area (Å²) in [4.78, 5) is 19.7. The number of alkyl halides is 1. The zero-order chi connectivity index (χ0) is 22.6. The van der Waals surface area contributed by atoms with Gasteiger partial charge in [-0.05, 0) is 36.2 Å². The van der Waals surface area contributed by atoms with Crippen LogP contribution in [0.1, 0.15) is 27.9 Å². The molecule has 1 aliphatic carbocycles. The maximum atomic E-state index is 14.9. The summed E-state index contributed by atoms with van der Waals surface area (Å²) in [6, 6.07) is 23.6. The quantitative estimate of drug-likeness (QED) is 0.480. The first-order valence-corrected chi connectivity index (χ1v) is 11.8. The molecule has 1 amide bonds. The number of carbonyl (C=O) groups excluding carboxylic acids is 1. The van der Waals surface area contributed by atoms with Crippen LogP contribution in [0, 0.1) is 0 Å². The van der Waals surface area contributed by atoms with Crippen LogP contribution in [0.3, 0.4) is 0 Å². The van der Waals surface area contributed by atoms with Crippen LogP contribution in [0.2, 0.25) is 0 Å². The fraction of sp³-hybridized carbons (Fsp3) is 0.143. The summed E-state index contributed by atoms with van der Waals surface area (Å²) in [5.74, 6) is -0.138. The van der Waals surface area contributed by atoms with Crippen molar-refractivity contribution in [3.05, 3.63) is 113 Å². The predicted octanol–water partition coefficient (Wildman–Crippen LogP) is 6.47. The average molecular weight is 455 g/mol. The van der Waals surface area contributed by atoms with Gasteiger partial charge in [-0.15, -0.1) is 0 Å². The van der Waals surface area contributed by atoms with Crippen molar-refractivity contribution < 1.29 is 9.18 Å². The Bertz CT molecular complexity index is 1280. The van der Waals surface area contributed by atoms with Gasteiger partial charge in [-0.25, -0.2) is 9.38 Å². The monoisotopic (exact) mass is 454 g/mol. The van der Waals surface area contributed by atoms with E-state index in [0.717, 1.165) is 21.8 Å². The van der Waals surface area contributed by atoms with Crippen LogP contribution < -0.4 is 5.32 Å². The molecule has 0 fully saturated rings. The number of hydrogen-bond acceptors (Lipinski definition) is 3. The number of nitrogens with zero attached hydrogens (tertiary/aromatic N) is 1. The summed E-state index contributed by atoms with van der Waals surface area (Å²) in [5.41, 5.74) is 4.54. The molecule has 0 aromatic heterocycles. The van der Waals surface area contributed by atoms with Crippen molar-refractivity contribution in [2.45, 2.75) is 28.8 Å². The molecular weight excluding hydrogens is 431 g/mol. The van der Waals surface area contributed by atoms with Crippen molar-refractivity contribution in [3.63, 3.8) is 0 Å². The molecule has 3 nitrogen and oxygen atoms in total. The van der Waals surface area contributed by atoms with Crippen molar-refractivity contribution in [1.82, 2.24) is 5.32 Å². The fourth-order valence-electron chi connectivity index (χ4n) is 4.00. The minimum absolute atomic E-state index is 0.138. The standard InChI is InChI=1S/C28H23FN2OS/c29-23-12-6-4-10-21(23)27-22-11-5-7-13-25(22)33-26-15-14-20(18-24(26)31-27)28(32)30-17-16-19-8-2-1-3-9-19/h1-11,13-15,18,23H,12,16-17H2,(H,30,32). The maximum Gasteiger partial charge on any atom is 0.251 e. The molecule has 3 aromatic carbocycles. The number of benzene rings is 3. The van der Waals surface area contributed by atoms with Gasteiger partial charge in [-0.2, -0.15) is 0 Å². The second-order valence-electron chi connectivity index (χ2n) is 7.99. The van der Waals surface area contributed by atoms with Gasteiger partial charge in [0, 0.05) is 39.5 Å². The smallest absolute Gasteiger partial charge is 0.251 e. The first-order valence-electron chi connectivity index (χ1n) is 11.0. The minimum atomic E-state index is -1.10. The Morgan fingerprint density at radius 3 is 2.70 bits per heavy atom. The van der Waals surface area contributed by atoms with Crippen molar-refractivity contribution in [1.29, 1.82) is 0 Å². The Morgan fingerprint density at radius 1 is 1.03 bits per heavy atom. The van der Waals surface area contributed by atoms with Crippen LogP contribution in [0.4, 0.5) is 10.1 Å². The molecule has 3 aromatic rings. The average Bonchev–Trinajstić information content (AvgIpc) is 3.01. The van der Waals surface area contributed by atoms with Gasteiger partial charge in [0.15, 0.2) is 0 Å². The van der Waals surface area contributed by atoms with Gasteiger partial charge in [0.1, 0.15) is 6.17 Å². The van der Waals surface area contributed by atoms with Gasteiger partial charge in [0.2, 0.25) is 0 Å². The third-order valence-electron chi connectivity index (χ3n) is 5.72. The largest absolute Gasteiger partial charge is 0.352 e. The van der Waals surface area contributed by atoms with E-state index in [1.165, 1.54) is 5.56 Å². The van der Waals surface area contributed by atoms with Crippen molar-refractivity contribution in [2.75, 3.05) is 6.54 Å². The van der Waals surface area contributed by atoms with E-state index in [2.05, 4.69) is 5.32 Å². The molecule has 0 saturated carbocycles. The first kappa shape index (κ1) is 21.4. The zero-order valence-corrected chi connectivity index (χ0v) is 18.8. The van der Waals surface area contributed by atoms with E-state index in [4.69, 9.17) is 4.99 Å². The van der Waals surface area contributed by atoms with Crippen LogP contribution in [-0.4, -0.2) is 24.3 Å². The topological polar surface area (TPSA) is 41.5 Å². The maximum absolute atomic E-state index is 14.9. The molecule has 1 N–H and O–H groups in total. The lowest BCUT2D eigenvalue weighted by molar-refractivity contribution is 0.0954. The van der Waals surface area contributed by atoms with Crippen LogP contribution in [0.5, 0.6) is 0 Å². The third kappa shape index (κ3) is 4.69. The molecule has 5 rings (SSSR count). The van der Waals surface area contributed by atoms with E-state index >= 15 is 0 Å². The van der Waals surface area contributed by atoms with E-state index in [9.17, 15) is 9.18 Å². The SMILES string of the molecule is O=C(NCCc1ccccc1)c1ccc2c(c1)N=C(C1=CC=CCC1F)c1ccccc1S2. The Labute approximate surface area is 197 Å². The molecule has 2 aliphatic rings. The van der Waals surface area contributed by atoms with Gasteiger partial charge in [0.05, 0.1) is 11.4 Å². The predicted molar refractivity (Wildman–Crippen MR) is 132 cm³/mol. The Morgan fingerprint density at radius 2 is 1.85 bits per heavy atom. The van der Waals surface area contributed by atoms with Gasteiger partial charge in [-0.1, -0.05) is 78.5 Å². The molecule has 33 heavy (non-hydrogen) atoms. The van der Waals surface area contributed by atoms with Crippen LogP contribution in [-0.2, 0) is 6.42 Å². The van der Waals surface area contributed by atoms with Crippen molar-refractivity contribution >= 4 is 29.1 Å². The summed E-state index contributed by atoms with van der Waals surface area (Å²) >= 11 is 1.59. The molecule has 0 saturated heterocycles. The normalized spacial score (nSPS) is 16.7. The summed E-state index contributed by atoms with van der Waals surface area (Å²) < 4.78 is 14.9. The van der Waals surface area contributed by atoms with E-state index in [1.54, 1.807) is 23.9 Å². The van der Waals surface area contributed by atoms with Crippen LogP contribution >= 0.6 is 11.8 Å². The van der Waals surface area contributed by atoms with Crippen LogP contribution in [0.15, 0.2) is 111 Å². The number of hydrogen-bond donors (Lipinski definition) is 1. The lowest BCUT2D eigenvalue weighted by atomic mass is 9.93. The molecule has 0 bridgehead atoms. The van der Waals surface area contributed by atoms with E-state index < -0.39 is 6.17 Å². The Hall–Kier alpha value is -3.44. The number of amides is 1. The molecular formula is C28H23FN2OS. The number of nitrogens with one attached hydrogen (secondary N) is 1. The van der Waals surface area contributed by atoms with E-state index in [-0.39, 0.29) is 5.91 Å². The van der Waals surface area contributed by atoms with Gasteiger partial charge in [-0.3, -0.25) is 4.79 Å². The summed E-state index contributed by atoms with van der Waals surface area (Å²) in [6.45, 7) is 0.553. The highest BCUT2D eigenvalue weighted by Gasteiger charge is 2.25. The molecule has 1 aliphatic heterocycles. The molecule has 1 atom stereocenters. The van der Waals surface area contributed by atoms with Gasteiger partial charge in [0.25, 0.3) is 5.91 Å². The summed E-state index contributed by atoms with van der Waals surface area (Å²) in [5, 5.41) is 2.99. The molecule has 164 valence electrons. The highest BCUT2D eigenvalue weighted by atomic mass is 32.2. The zero-order valence-electron chi connectivity index (χ0n) is 18.0. The number of allylic oxidation sites excluding steroid dienone is 4. The second kappa shape index (κ2) is 9.59. The van der Waals surface area contributed by atoms with E-state index in [1.807, 2.05) is 78.9 Å². The lowest BCUT2D eigenvalue weighted by Gasteiger charge is -2.17. The highest BCUT2D eigenvalue weighted by molar-refractivity contribution is 7.99. The molecule has 1 heterocycles. The molecule has 0 spiro atoms. The molecule has 1 unspecified atom stereocenters. The number of rotatable bonds is 5. The van der Waals surface area contributed by atoms with Crippen molar-refractivity contribution in [3.8, 4) is 0 Å². The minimum Gasteiger partial charge on any atom is -0.352 e. The lowest BCUT2D eigenvalue weighted by Crippen LogP contribution is -2.25. The second-order valence-corrected chi connectivity index (χ2v) is 9.07. The Balaban J connectivity index is 1.44. The third-order valence-corrected chi connectivity index (χ3v) is 6.86. The summed E-state index contributed by atoms with van der Waals surface area (Å²) in [6.07, 6.45) is 5.53. The van der Waals surface area contributed by atoms with E-state index in [0.29, 0.717) is 35.5 Å². The fourth-order valence-corrected chi connectivity index (χ4v) is 5.00.